The van der Waals surface area contributed by atoms with Crippen LogP contribution in [0.25, 0.3) is 10.9 Å². The van der Waals surface area contributed by atoms with Crippen LogP contribution in [0.5, 0.6) is 5.75 Å². The lowest BCUT2D eigenvalue weighted by Crippen LogP contribution is -2.41. The minimum Gasteiger partial charge on any atom is -0.508 e. The summed E-state index contributed by atoms with van der Waals surface area (Å²) in [4.78, 5) is 17.1. The van der Waals surface area contributed by atoms with Gasteiger partial charge in [-0.25, -0.2) is 0 Å². The van der Waals surface area contributed by atoms with E-state index in [1.54, 1.807) is 18.2 Å². The maximum Gasteiger partial charge on any atom is 0.220 e. The van der Waals surface area contributed by atoms with E-state index in [1.165, 1.54) is 0 Å². The molecule has 1 heterocycles. The van der Waals surface area contributed by atoms with Crippen LogP contribution in [0.4, 0.5) is 0 Å². The van der Waals surface area contributed by atoms with E-state index in [0.717, 1.165) is 22.0 Å². The summed E-state index contributed by atoms with van der Waals surface area (Å²) in [6, 6.07) is 16.8. The molecular weight excluding hydrogens is 352 g/mol. The zero-order valence-electron chi connectivity index (χ0n) is 15.6. The number of aliphatic hydroxyl groups is 1. The molecule has 1 aromatic heterocycles. The maximum absolute atomic E-state index is 12.6. The molecule has 1 aliphatic carbocycles. The Kier molecular flexibility index (Phi) is 5.26. The van der Waals surface area contributed by atoms with E-state index in [9.17, 15) is 15.0 Å². The lowest BCUT2D eigenvalue weighted by atomic mass is 9.75. The van der Waals surface area contributed by atoms with Crippen molar-refractivity contribution in [2.45, 2.75) is 37.8 Å². The first-order valence-electron chi connectivity index (χ1n) is 9.68. The number of phenolic OH excluding ortho intramolecular Hbond substituents is 1. The highest BCUT2D eigenvalue weighted by Gasteiger charge is 2.35. The first-order chi connectivity index (χ1) is 13.6. The van der Waals surface area contributed by atoms with E-state index < -0.39 is 0 Å². The molecule has 28 heavy (non-hydrogen) atoms. The third-order valence-corrected chi connectivity index (χ3v) is 5.46. The molecule has 4 rings (SSSR count). The Morgan fingerprint density at radius 1 is 1.14 bits per heavy atom. The molecule has 0 aliphatic heterocycles. The predicted molar refractivity (Wildman–Crippen MR) is 108 cm³/mol. The van der Waals surface area contributed by atoms with Crippen LogP contribution < -0.4 is 5.32 Å². The lowest BCUT2D eigenvalue weighted by Gasteiger charge is -2.38. The fourth-order valence-electron chi connectivity index (χ4n) is 3.85. The van der Waals surface area contributed by atoms with E-state index >= 15 is 0 Å². The van der Waals surface area contributed by atoms with Gasteiger partial charge in [-0.3, -0.25) is 9.78 Å². The van der Waals surface area contributed by atoms with Crippen molar-refractivity contribution in [3.05, 3.63) is 71.9 Å². The van der Waals surface area contributed by atoms with E-state index in [4.69, 9.17) is 0 Å². The number of hydrogen-bond acceptors (Lipinski definition) is 4. The molecule has 1 amide bonds. The second-order valence-electron chi connectivity index (χ2n) is 7.56. The first kappa shape index (κ1) is 18.4. The van der Waals surface area contributed by atoms with Crippen molar-refractivity contribution in [3.63, 3.8) is 0 Å². The van der Waals surface area contributed by atoms with Gasteiger partial charge in [0.2, 0.25) is 5.91 Å². The molecule has 0 spiro atoms. The molecule has 5 heteroatoms. The van der Waals surface area contributed by atoms with Crippen LogP contribution in [0.3, 0.4) is 0 Å². The number of nitrogens with one attached hydrogen (secondary N) is 1. The molecule has 1 atom stereocenters. The number of benzene rings is 2. The third kappa shape index (κ3) is 4.15. The number of fused-ring (bicyclic) bond motifs is 1. The van der Waals surface area contributed by atoms with Gasteiger partial charge >= 0.3 is 0 Å². The largest absolute Gasteiger partial charge is 0.508 e. The number of phenols is 1. The average molecular weight is 376 g/mol. The number of aromatic hydroxyl groups is 1. The van der Waals surface area contributed by atoms with Gasteiger partial charge in [-0.05, 0) is 60.6 Å². The molecule has 0 bridgehead atoms. The second kappa shape index (κ2) is 7.98. The van der Waals surface area contributed by atoms with E-state index in [2.05, 4.69) is 16.4 Å². The number of rotatable bonds is 6. The molecule has 1 aliphatic rings. The summed E-state index contributed by atoms with van der Waals surface area (Å²) in [6.45, 7) is 0. The fourth-order valence-corrected chi connectivity index (χ4v) is 3.85. The van der Waals surface area contributed by atoms with Gasteiger partial charge < -0.3 is 15.5 Å². The van der Waals surface area contributed by atoms with Crippen molar-refractivity contribution < 1.29 is 15.0 Å². The molecule has 5 nitrogen and oxygen atoms in total. The minimum atomic E-state index is -0.287. The summed E-state index contributed by atoms with van der Waals surface area (Å²) >= 11 is 0. The number of carbonyl (C=O) groups excluding carboxylic acids is 1. The van der Waals surface area contributed by atoms with Crippen molar-refractivity contribution in [1.82, 2.24) is 10.3 Å². The number of pyridine rings is 1. The average Bonchev–Trinajstić information content (AvgIpc) is 2.68. The smallest absolute Gasteiger partial charge is 0.220 e. The van der Waals surface area contributed by atoms with Crippen LogP contribution >= 0.6 is 0 Å². The zero-order valence-corrected chi connectivity index (χ0v) is 15.6. The third-order valence-electron chi connectivity index (χ3n) is 5.46. The predicted octanol–water partition coefficient (Wildman–Crippen LogP) is 3.50. The number of aliphatic hydroxyl groups excluding tert-OH is 1. The molecule has 1 fully saturated rings. The van der Waals surface area contributed by atoms with Crippen molar-refractivity contribution >= 4 is 16.8 Å². The maximum atomic E-state index is 12.6. The van der Waals surface area contributed by atoms with Crippen LogP contribution in [-0.2, 0) is 11.2 Å². The second-order valence-corrected chi connectivity index (χ2v) is 7.56. The minimum absolute atomic E-state index is 0.0390. The lowest BCUT2D eigenvalue weighted by molar-refractivity contribution is -0.123. The summed E-state index contributed by atoms with van der Waals surface area (Å²) in [5, 5.41) is 23.5. The molecule has 3 N–H and O–H groups in total. The van der Waals surface area contributed by atoms with Gasteiger partial charge in [-0.15, -0.1) is 0 Å². The summed E-state index contributed by atoms with van der Waals surface area (Å²) in [7, 11) is 0. The van der Waals surface area contributed by atoms with Gasteiger partial charge in [0, 0.05) is 18.0 Å². The Morgan fingerprint density at radius 2 is 1.96 bits per heavy atom. The molecule has 1 saturated carbocycles. The van der Waals surface area contributed by atoms with Crippen molar-refractivity contribution in [3.8, 4) is 5.75 Å². The molecule has 0 saturated heterocycles. The standard InChI is InChI=1S/C23H24N2O3/c26-19-6-3-4-15(10-19)8-9-22(28)25-23(17-12-20(27)13-17)18-11-16-5-1-2-7-21(16)24-14-18/h1-7,10-11,14,17,20,23,26-27H,8-9,12-13H2,(H,25,28). The number of amides is 1. The van der Waals surface area contributed by atoms with Crippen LogP contribution in [0, 0.1) is 5.92 Å². The highest BCUT2D eigenvalue weighted by molar-refractivity contribution is 5.80. The molecular formula is C23H24N2O3. The van der Waals surface area contributed by atoms with Crippen molar-refractivity contribution in [2.24, 2.45) is 5.92 Å². The van der Waals surface area contributed by atoms with Crippen molar-refractivity contribution in [2.75, 3.05) is 0 Å². The zero-order chi connectivity index (χ0) is 19.5. The van der Waals surface area contributed by atoms with Gasteiger partial charge in [0.25, 0.3) is 0 Å². The summed E-state index contributed by atoms with van der Waals surface area (Å²) in [5.41, 5.74) is 2.83. The summed E-state index contributed by atoms with van der Waals surface area (Å²) < 4.78 is 0. The van der Waals surface area contributed by atoms with Gasteiger partial charge in [-0.1, -0.05) is 30.3 Å². The molecule has 144 valence electrons. The number of para-hydroxylation sites is 1. The van der Waals surface area contributed by atoms with Gasteiger partial charge in [0.1, 0.15) is 5.75 Å². The number of carbonyl (C=O) groups is 1. The summed E-state index contributed by atoms with van der Waals surface area (Å²) in [6.07, 6.45) is 3.82. The first-order valence-corrected chi connectivity index (χ1v) is 9.68. The molecule has 2 aromatic carbocycles. The Hall–Kier alpha value is -2.92. The monoisotopic (exact) mass is 376 g/mol. The Labute approximate surface area is 164 Å². The van der Waals surface area contributed by atoms with Crippen LogP contribution in [0.15, 0.2) is 60.8 Å². The SMILES string of the molecule is O=C(CCc1cccc(O)c1)NC(c1cnc2ccccc2c1)C1CC(O)C1. The number of nitrogens with zero attached hydrogens (tertiary/aromatic N) is 1. The van der Waals surface area contributed by atoms with Crippen molar-refractivity contribution in [1.29, 1.82) is 0 Å². The van der Waals surface area contributed by atoms with Crippen LogP contribution in [-0.4, -0.2) is 27.2 Å². The van der Waals surface area contributed by atoms with Crippen LogP contribution in [0.1, 0.15) is 36.4 Å². The molecule has 3 aromatic rings. The Morgan fingerprint density at radius 3 is 2.75 bits per heavy atom. The number of hydrogen-bond donors (Lipinski definition) is 3. The van der Waals surface area contributed by atoms with Gasteiger partial charge in [0.05, 0.1) is 17.7 Å². The fraction of sp³-hybridized carbons (Fsp3) is 0.304. The quantitative estimate of drug-likeness (QED) is 0.615. The highest BCUT2D eigenvalue weighted by Crippen LogP contribution is 2.38. The van der Waals surface area contributed by atoms with E-state index in [1.807, 2.05) is 36.5 Å². The number of aryl methyl sites for hydroxylation is 1. The Balaban J connectivity index is 1.48. The van der Waals surface area contributed by atoms with E-state index in [-0.39, 0.29) is 29.7 Å². The molecule has 0 radical (unpaired) electrons. The number of aromatic nitrogens is 1. The highest BCUT2D eigenvalue weighted by atomic mass is 16.3. The summed E-state index contributed by atoms with van der Waals surface area (Å²) in [5.74, 6) is 0.382. The van der Waals surface area contributed by atoms with Gasteiger partial charge in [0.15, 0.2) is 0 Å². The molecule has 1 unspecified atom stereocenters. The Bertz CT molecular complexity index is 982. The van der Waals surface area contributed by atoms with E-state index in [0.29, 0.717) is 25.7 Å². The topological polar surface area (TPSA) is 82.5 Å². The van der Waals surface area contributed by atoms with Gasteiger partial charge in [-0.2, -0.15) is 0 Å². The van der Waals surface area contributed by atoms with Crippen LogP contribution in [0.2, 0.25) is 0 Å². The normalized spacial score (nSPS) is 19.8.